The molecule has 1 aliphatic rings. The maximum absolute atomic E-state index is 13.6. The topological polar surface area (TPSA) is 29.3 Å². The monoisotopic (exact) mass is 242 g/mol. The Kier molecular flexibility index (Phi) is 2.76. The van der Waals surface area contributed by atoms with Crippen LogP contribution in [0.2, 0.25) is 0 Å². The maximum atomic E-state index is 13.6. The largest absolute Gasteiger partial charge is 0.398 e. The van der Waals surface area contributed by atoms with Crippen molar-refractivity contribution >= 4 is 5.69 Å². The van der Waals surface area contributed by atoms with Crippen molar-refractivity contribution in [3.63, 3.8) is 0 Å². The summed E-state index contributed by atoms with van der Waals surface area (Å²) in [6.45, 7) is 2.27. The molecule has 3 heteroatoms. The first kappa shape index (κ1) is 11.2. The van der Waals surface area contributed by atoms with Gasteiger partial charge in [0, 0.05) is 30.9 Å². The van der Waals surface area contributed by atoms with E-state index < -0.39 is 0 Å². The van der Waals surface area contributed by atoms with Gasteiger partial charge in [0.05, 0.1) is 0 Å². The van der Waals surface area contributed by atoms with E-state index >= 15 is 0 Å². The van der Waals surface area contributed by atoms with E-state index in [2.05, 4.69) is 11.0 Å². The Labute approximate surface area is 106 Å². The van der Waals surface area contributed by atoms with Gasteiger partial charge in [0.1, 0.15) is 5.82 Å². The molecular weight excluding hydrogens is 227 g/mol. The number of hydrogen-bond donors (Lipinski definition) is 1. The third kappa shape index (κ3) is 1.97. The zero-order chi connectivity index (χ0) is 12.5. The summed E-state index contributed by atoms with van der Waals surface area (Å²) >= 11 is 0. The number of nitrogen functional groups attached to an aromatic ring is 1. The number of rotatable bonds is 2. The lowest BCUT2D eigenvalue weighted by atomic mass is 10.1. The van der Waals surface area contributed by atoms with Crippen molar-refractivity contribution in [3.8, 4) is 0 Å². The molecule has 2 nitrogen and oxygen atoms in total. The molecular formula is C15H15FN2. The summed E-state index contributed by atoms with van der Waals surface area (Å²) in [7, 11) is 0. The number of fused-ring (bicyclic) bond motifs is 1. The van der Waals surface area contributed by atoms with Gasteiger partial charge in [0.2, 0.25) is 0 Å². The van der Waals surface area contributed by atoms with Crippen molar-refractivity contribution in [2.24, 2.45) is 0 Å². The van der Waals surface area contributed by atoms with Gasteiger partial charge >= 0.3 is 0 Å². The highest BCUT2D eigenvalue weighted by atomic mass is 19.1. The molecule has 2 aromatic carbocycles. The van der Waals surface area contributed by atoms with Crippen LogP contribution in [0.4, 0.5) is 10.1 Å². The van der Waals surface area contributed by atoms with E-state index in [-0.39, 0.29) is 5.82 Å². The summed E-state index contributed by atoms with van der Waals surface area (Å²) in [6.07, 6.45) is 0. The van der Waals surface area contributed by atoms with Crippen molar-refractivity contribution in [3.05, 3.63) is 65.0 Å². The minimum atomic E-state index is -0.138. The average molecular weight is 242 g/mol. The van der Waals surface area contributed by atoms with Gasteiger partial charge in [-0.1, -0.05) is 30.3 Å². The van der Waals surface area contributed by atoms with E-state index in [1.165, 1.54) is 17.2 Å². The second-order valence-corrected chi connectivity index (χ2v) is 4.72. The minimum Gasteiger partial charge on any atom is -0.398 e. The predicted molar refractivity (Wildman–Crippen MR) is 70.2 cm³/mol. The number of halogens is 1. The fourth-order valence-electron chi connectivity index (χ4n) is 2.50. The molecule has 1 heterocycles. The number of benzene rings is 2. The number of anilines is 1. The lowest BCUT2D eigenvalue weighted by Crippen LogP contribution is -2.16. The average Bonchev–Trinajstić information content (AvgIpc) is 2.76. The molecule has 0 aromatic heterocycles. The van der Waals surface area contributed by atoms with Crippen LogP contribution in [-0.4, -0.2) is 4.90 Å². The maximum Gasteiger partial charge on any atom is 0.127 e. The highest BCUT2D eigenvalue weighted by Crippen LogP contribution is 2.28. The van der Waals surface area contributed by atoms with Crippen LogP contribution in [0.5, 0.6) is 0 Å². The molecule has 0 saturated carbocycles. The molecule has 0 unspecified atom stereocenters. The fourth-order valence-corrected chi connectivity index (χ4v) is 2.50. The van der Waals surface area contributed by atoms with Crippen LogP contribution in [0, 0.1) is 5.82 Å². The second kappa shape index (κ2) is 4.42. The highest BCUT2D eigenvalue weighted by Gasteiger charge is 2.21. The number of nitrogens with two attached hydrogens (primary N) is 1. The predicted octanol–water partition coefficient (Wildman–Crippen LogP) is 2.92. The van der Waals surface area contributed by atoms with Gasteiger partial charge in [-0.3, -0.25) is 4.90 Å². The van der Waals surface area contributed by atoms with Crippen molar-refractivity contribution in [2.45, 2.75) is 19.6 Å². The van der Waals surface area contributed by atoms with E-state index in [4.69, 9.17) is 5.73 Å². The van der Waals surface area contributed by atoms with Crippen LogP contribution in [0.15, 0.2) is 42.5 Å². The van der Waals surface area contributed by atoms with Gasteiger partial charge in [0.15, 0.2) is 0 Å². The van der Waals surface area contributed by atoms with Crippen LogP contribution >= 0.6 is 0 Å². The van der Waals surface area contributed by atoms with E-state index in [1.807, 2.05) is 24.3 Å². The van der Waals surface area contributed by atoms with Gasteiger partial charge in [-0.15, -0.1) is 0 Å². The Morgan fingerprint density at radius 1 is 1.06 bits per heavy atom. The Bertz CT molecular complexity index is 580. The molecule has 0 fully saturated rings. The third-order valence-electron chi connectivity index (χ3n) is 3.44. The first-order chi connectivity index (χ1) is 8.74. The van der Waals surface area contributed by atoms with Crippen molar-refractivity contribution < 1.29 is 4.39 Å². The molecule has 0 atom stereocenters. The summed E-state index contributed by atoms with van der Waals surface area (Å²) in [6, 6.07) is 12.9. The third-order valence-corrected chi connectivity index (χ3v) is 3.44. The van der Waals surface area contributed by atoms with Gasteiger partial charge in [0.25, 0.3) is 0 Å². The summed E-state index contributed by atoms with van der Waals surface area (Å²) in [5.41, 5.74) is 9.98. The molecule has 0 saturated heterocycles. The summed E-state index contributed by atoms with van der Waals surface area (Å²) in [5, 5.41) is 0. The lowest BCUT2D eigenvalue weighted by Gasteiger charge is -2.15. The van der Waals surface area contributed by atoms with Gasteiger partial charge in [-0.25, -0.2) is 4.39 Å². The van der Waals surface area contributed by atoms with E-state index in [0.717, 1.165) is 24.3 Å². The molecule has 0 aliphatic carbocycles. The first-order valence-corrected chi connectivity index (χ1v) is 6.06. The van der Waals surface area contributed by atoms with Crippen LogP contribution < -0.4 is 5.73 Å². The Morgan fingerprint density at radius 3 is 2.67 bits per heavy atom. The first-order valence-electron chi connectivity index (χ1n) is 6.06. The molecule has 92 valence electrons. The smallest absolute Gasteiger partial charge is 0.127 e. The van der Waals surface area contributed by atoms with Crippen LogP contribution in [0.3, 0.4) is 0 Å². The minimum absolute atomic E-state index is 0.138. The summed E-state index contributed by atoms with van der Waals surface area (Å²) in [4.78, 5) is 2.21. The Balaban J connectivity index is 1.79. The Hall–Kier alpha value is -1.87. The molecule has 2 N–H and O–H groups in total. The van der Waals surface area contributed by atoms with Crippen LogP contribution in [-0.2, 0) is 19.6 Å². The number of nitrogens with zero attached hydrogens (tertiary/aromatic N) is 1. The molecule has 0 bridgehead atoms. The van der Waals surface area contributed by atoms with Crippen molar-refractivity contribution in [2.75, 3.05) is 5.73 Å². The Morgan fingerprint density at radius 2 is 1.89 bits per heavy atom. The van der Waals surface area contributed by atoms with Crippen LogP contribution in [0.1, 0.15) is 16.7 Å². The molecule has 0 spiro atoms. The zero-order valence-electron chi connectivity index (χ0n) is 10.1. The molecule has 3 rings (SSSR count). The lowest BCUT2D eigenvalue weighted by molar-refractivity contribution is 0.271. The van der Waals surface area contributed by atoms with Crippen LogP contribution in [0.25, 0.3) is 0 Å². The zero-order valence-corrected chi connectivity index (χ0v) is 10.1. The standard InChI is InChI=1S/C15H15FN2/c16-14-6-2-1-4-12(14)9-18-8-11-5-3-7-15(17)13(11)10-18/h1-7H,8-10,17H2. The molecule has 2 aromatic rings. The molecule has 18 heavy (non-hydrogen) atoms. The van der Waals surface area contributed by atoms with E-state index in [0.29, 0.717) is 6.54 Å². The summed E-state index contributed by atoms with van der Waals surface area (Å²) in [5.74, 6) is -0.138. The molecule has 1 aliphatic heterocycles. The highest BCUT2D eigenvalue weighted by molar-refractivity contribution is 5.52. The van der Waals surface area contributed by atoms with Crippen molar-refractivity contribution in [1.82, 2.24) is 4.90 Å². The van der Waals surface area contributed by atoms with Gasteiger partial charge < -0.3 is 5.73 Å². The number of hydrogen-bond acceptors (Lipinski definition) is 2. The van der Waals surface area contributed by atoms with Gasteiger partial charge in [-0.05, 0) is 23.3 Å². The normalized spacial score (nSPS) is 14.7. The van der Waals surface area contributed by atoms with E-state index in [1.54, 1.807) is 6.07 Å². The SMILES string of the molecule is Nc1cccc2c1CN(Cc1ccccc1F)C2. The molecule has 0 radical (unpaired) electrons. The second-order valence-electron chi connectivity index (χ2n) is 4.72. The van der Waals surface area contributed by atoms with Crippen molar-refractivity contribution in [1.29, 1.82) is 0 Å². The summed E-state index contributed by atoms with van der Waals surface area (Å²) < 4.78 is 13.6. The molecule has 0 amide bonds. The van der Waals surface area contributed by atoms with E-state index in [9.17, 15) is 4.39 Å². The fraction of sp³-hybridized carbons (Fsp3) is 0.200. The van der Waals surface area contributed by atoms with Gasteiger partial charge in [-0.2, -0.15) is 0 Å². The quantitative estimate of drug-likeness (QED) is 0.820.